The first-order chi connectivity index (χ1) is 11.7. The summed E-state index contributed by atoms with van der Waals surface area (Å²) in [6.45, 7) is 0.818. The topological polar surface area (TPSA) is 67.4 Å². The van der Waals surface area contributed by atoms with Crippen LogP contribution in [0, 0.1) is 0 Å². The second kappa shape index (κ2) is 7.27. The molecular weight excluding hydrogens is 304 g/mol. The molecule has 1 saturated heterocycles. The second-order valence-corrected chi connectivity index (χ2v) is 5.80. The zero-order chi connectivity index (χ0) is 16.9. The summed E-state index contributed by atoms with van der Waals surface area (Å²) in [7, 11) is 1.34. The largest absolute Gasteiger partial charge is 0.465 e. The summed E-state index contributed by atoms with van der Waals surface area (Å²) in [4.78, 5) is 24.0. The Morgan fingerprint density at radius 3 is 2.46 bits per heavy atom. The molecule has 24 heavy (non-hydrogen) atoms. The maximum atomic E-state index is 12.6. The molecule has 1 aliphatic rings. The molecule has 2 atom stereocenters. The van der Waals surface area contributed by atoms with Gasteiger partial charge in [0.05, 0.1) is 18.7 Å². The third kappa shape index (κ3) is 3.46. The van der Waals surface area contributed by atoms with Gasteiger partial charge in [0.25, 0.3) is 0 Å². The van der Waals surface area contributed by atoms with E-state index in [4.69, 9.17) is 0 Å². The number of amides is 1. The molecule has 1 aliphatic heterocycles. The zero-order valence-corrected chi connectivity index (χ0v) is 13.5. The number of carbonyl (C=O) groups is 2. The van der Waals surface area contributed by atoms with Crippen LogP contribution >= 0.6 is 0 Å². The first-order valence-electron chi connectivity index (χ1n) is 7.96. The lowest BCUT2D eigenvalue weighted by molar-refractivity contribution is -0.118. The van der Waals surface area contributed by atoms with E-state index >= 15 is 0 Å². The molecule has 0 bridgehead atoms. The van der Waals surface area contributed by atoms with Crippen LogP contribution in [0.4, 0.5) is 5.69 Å². The van der Waals surface area contributed by atoms with Crippen LogP contribution in [0.1, 0.15) is 28.3 Å². The summed E-state index contributed by atoms with van der Waals surface area (Å²) >= 11 is 0. The van der Waals surface area contributed by atoms with Crippen LogP contribution in [0.2, 0.25) is 0 Å². The van der Waals surface area contributed by atoms with Gasteiger partial charge in [-0.2, -0.15) is 0 Å². The highest BCUT2D eigenvalue weighted by molar-refractivity contribution is 5.96. The van der Waals surface area contributed by atoms with Gasteiger partial charge in [-0.1, -0.05) is 30.3 Å². The standard InChI is InChI=1S/C19H20N2O3/c1-24-19(23)14-7-9-15(10-8-14)21-18(22)17-16(11-12-20-17)13-5-3-2-4-6-13/h2-10,16-17,20H,11-12H2,1H3,(H,21,22)/t16-,17+/m0/s1. The Balaban J connectivity index is 1.69. The molecular formula is C19H20N2O3. The Kier molecular flexibility index (Phi) is 4.91. The quantitative estimate of drug-likeness (QED) is 0.848. The molecule has 1 amide bonds. The Bertz CT molecular complexity index is 713. The number of esters is 1. The molecule has 0 aliphatic carbocycles. The average molecular weight is 324 g/mol. The van der Waals surface area contributed by atoms with Gasteiger partial charge < -0.3 is 15.4 Å². The van der Waals surface area contributed by atoms with Crippen molar-refractivity contribution in [2.45, 2.75) is 18.4 Å². The first kappa shape index (κ1) is 16.2. The summed E-state index contributed by atoms with van der Waals surface area (Å²) in [5.74, 6) is -0.290. The predicted octanol–water partition coefficient (Wildman–Crippen LogP) is 2.56. The van der Waals surface area contributed by atoms with Crippen molar-refractivity contribution in [3.63, 3.8) is 0 Å². The number of rotatable bonds is 4. The van der Waals surface area contributed by atoms with E-state index in [0.29, 0.717) is 11.3 Å². The molecule has 0 saturated carbocycles. The minimum atomic E-state index is -0.394. The van der Waals surface area contributed by atoms with E-state index in [1.165, 1.54) is 12.7 Å². The van der Waals surface area contributed by atoms with Crippen molar-refractivity contribution < 1.29 is 14.3 Å². The van der Waals surface area contributed by atoms with E-state index in [0.717, 1.165) is 13.0 Å². The number of methoxy groups -OCH3 is 1. The molecule has 3 rings (SSSR count). The molecule has 2 aromatic carbocycles. The third-order valence-electron chi connectivity index (χ3n) is 4.31. The number of hydrogen-bond donors (Lipinski definition) is 2. The van der Waals surface area contributed by atoms with Crippen molar-refractivity contribution in [3.8, 4) is 0 Å². The number of hydrogen-bond acceptors (Lipinski definition) is 4. The minimum absolute atomic E-state index is 0.0628. The van der Waals surface area contributed by atoms with E-state index in [1.807, 2.05) is 18.2 Å². The lowest BCUT2D eigenvalue weighted by atomic mass is 9.91. The summed E-state index contributed by atoms with van der Waals surface area (Å²) in [5.41, 5.74) is 2.29. The van der Waals surface area contributed by atoms with Crippen molar-refractivity contribution in [1.29, 1.82) is 0 Å². The summed E-state index contributed by atoms with van der Waals surface area (Å²) in [6, 6.07) is 16.5. The van der Waals surface area contributed by atoms with Gasteiger partial charge >= 0.3 is 5.97 Å². The molecule has 1 fully saturated rings. The monoisotopic (exact) mass is 324 g/mol. The van der Waals surface area contributed by atoms with Gasteiger partial charge in [0.1, 0.15) is 0 Å². The minimum Gasteiger partial charge on any atom is -0.465 e. The van der Waals surface area contributed by atoms with Crippen LogP contribution in [0.15, 0.2) is 54.6 Å². The van der Waals surface area contributed by atoms with E-state index in [1.54, 1.807) is 24.3 Å². The van der Waals surface area contributed by atoms with Gasteiger partial charge in [0.2, 0.25) is 5.91 Å². The van der Waals surface area contributed by atoms with Crippen LogP contribution in [0.3, 0.4) is 0 Å². The fraction of sp³-hybridized carbons (Fsp3) is 0.263. The molecule has 1 heterocycles. The lowest BCUT2D eigenvalue weighted by Gasteiger charge is -2.19. The highest BCUT2D eigenvalue weighted by Gasteiger charge is 2.33. The molecule has 2 N–H and O–H groups in total. The number of ether oxygens (including phenoxy) is 1. The van der Waals surface area contributed by atoms with E-state index in [9.17, 15) is 9.59 Å². The van der Waals surface area contributed by atoms with Gasteiger partial charge in [-0.25, -0.2) is 4.79 Å². The van der Waals surface area contributed by atoms with Crippen LogP contribution < -0.4 is 10.6 Å². The number of carbonyl (C=O) groups excluding carboxylic acids is 2. The van der Waals surface area contributed by atoms with Crippen molar-refractivity contribution >= 4 is 17.6 Å². The lowest BCUT2D eigenvalue weighted by Crippen LogP contribution is -2.39. The summed E-state index contributed by atoms with van der Waals surface area (Å²) in [5, 5.41) is 6.19. The van der Waals surface area contributed by atoms with Gasteiger partial charge in [-0.15, -0.1) is 0 Å². The molecule has 0 aromatic heterocycles. The van der Waals surface area contributed by atoms with Gasteiger partial charge in [-0.05, 0) is 42.8 Å². The van der Waals surface area contributed by atoms with Crippen LogP contribution in [-0.2, 0) is 9.53 Å². The summed E-state index contributed by atoms with van der Waals surface area (Å²) in [6.07, 6.45) is 0.934. The summed E-state index contributed by atoms with van der Waals surface area (Å²) < 4.78 is 4.67. The number of anilines is 1. The maximum absolute atomic E-state index is 12.6. The molecule has 124 valence electrons. The van der Waals surface area contributed by atoms with Gasteiger partial charge in [0, 0.05) is 11.6 Å². The Labute approximate surface area is 141 Å². The normalized spacial score (nSPS) is 19.7. The Hall–Kier alpha value is -2.66. The predicted molar refractivity (Wildman–Crippen MR) is 92.0 cm³/mol. The zero-order valence-electron chi connectivity index (χ0n) is 13.5. The van der Waals surface area contributed by atoms with Crippen molar-refractivity contribution in [1.82, 2.24) is 5.32 Å². The van der Waals surface area contributed by atoms with Crippen molar-refractivity contribution in [2.24, 2.45) is 0 Å². The second-order valence-electron chi connectivity index (χ2n) is 5.80. The first-order valence-corrected chi connectivity index (χ1v) is 7.96. The number of nitrogens with one attached hydrogen (secondary N) is 2. The van der Waals surface area contributed by atoms with Crippen molar-refractivity contribution in [3.05, 3.63) is 65.7 Å². The van der Waals surface area contributed by atoms with Crippen LogP contribution in [0.25, 0.3) is 0 Å². The van der Waals surface area contributed by atoms with Crippen molar-refractivity contribution in [2.75, 3.05) is 19.0 Å². The SMILES string of the molecule is COC(=O)c1ccc(NC(=O)[C@@H]2NCC[C@H]2c2ccccc2)cc1. The van der Waals surface area contributed by atoms with E-state index in [-0.39, 0.29) is 17.9 Å². The number of benzene rings is 2. The van der Waals surface area contributed by atoms with E-state index in [2.05, 4.69) is 27.5 Å². The molecule has 5 heteroatoms. The molecule has 2 aromatic rings. The highest BCUT2D eigenvalue weighted by Crippen LogP contribution is 2.28. The average Bonchev–Trinajstić information content (AvgIpc) is 3.12. The maximum Gasteiger partial charge on any atom is 0.337 e. The smallest absolute Gasteiger partial charge is 0.337 e. The fourth-order valence-corrected chi connectivity index (χ4v) is 3.07. The Morgan fingerprint density at radius 2 is 1.79 bits per heavy atom. The fourth-order valence-electron chi connectivity index (χ4n) is 3.07. The van der Waals surface area contributed by atoms with Crippen LogP contribution in [0.5, 0.6) is 0 Å². The van der Waals surface area contributed by atoms with Crippen LogP contribution in [-0.4, -0.2) is 31.6 Å². The molecule has 0 radical (unpaired) electrons. The third-order valence-corrected chi connectivity index (χ3v) is 4.31. The van der Waals surface area contributed by atoms with Gasteiger partial charge in [-0.3, -0.25) is 4.79 Å². The molecule has 0 unspecified atom stereocenters. The van der Waals surface area contributed by atoms with E-state index < -0.39 is 5.97 Å². The molecule has 5 nitrogen and oxygen atoms in total. The highest BCUT2D eigenvalue weighted by atomic mass is 16.5. The Morgan fingerprint density at radius 1 is 1.08 bits per heavy atom. The van der Waals surface area contributed by atoms with Gasteiger partial charge in [0.15, 0.2) is 0 Å². The molecule has 0 spiro atoms.